The molecule has 0 aliphatic rings. The number of hydrogen-bond donors (Lipinski definition) is 1. The molecule has 0 amide bonds. The van der Waals surface area contributed by atoms with E-state index in [2.05, 4.69) is 15.3 Å². The average molecular weight is 337 g/mol. The van der Waals surface area contributed by atoms with Crippen LogP contribution in [0, 0.1) is 21.7 Å². The number of halogens is 3. The summed E-state index contributed by atoms with van der Waals surface area (Å²) in [4.78, 5) is 17.8. The number of fused-ring (bicyclic) bond motifs is 1. The molecule has 0 unspecified atom stereocenters. The van der Waals surface area contributed by atoms with Gasteiger partial charge in [-0.25, -0.2) is 14.4 Å². The second kappa shape index (κ2) is 5.73. The maximum absolute atomic E-state index is 13.8. The second-order valence-corrected chi connectivity index (χ2v) is 4.99. The molecule has 23 heavy (non-hydrogen) atoms. The highest BCUT2D eigenvalue weighted by atomic mass is 35.5. The van der Waals surface area contributed by atoms with Gasteiger partial charge in [-0.2, -0.15) is 4.39 Å². The number of nitro groups is 1. The molecule has 0 bridgehead atoms. The molecule has 0 aliphatic heterocycles. The van der Waals surface area contributed by atoms with E-state index >= 15 is 0 Å². The first-order chi connectivity index (χ1) is 11.0. The number of nitrogens with one attached hydrogen (secondary N) is 1. The number of benzene rings is 2. The maximum atomic E-state index is 13.8. The van der Waals surface area contributed by atoms with Crippen LogP contribution in [0.2, 0.25) is 5.02 Å². The molecule has 1 heterocycles. The van der Waals surface area contributed by atoms with E-state index in [4.69, 9.17) is 11.6 Å². The van der Waals surface area contributed by atoms with Crippen molar-refractivity contribution < 1.29 is 13.7 Å². The van der Waals surface area contributed by atoms with Gasteiger partial charge in [-0.1, -0.05) is 11.6 Å². The molecule has 0 aliphatic carbocycles. The Kier molecular flexibility index (Phi) is 3.75. The average Bonchev–Trinajstić information content (AvgIpc) is 2.49. The number of anilines is 2. The highest BCUT2D eigenvalue weighted by Gasteiger charge is 2.18. The van der Waals surface area contributed by atoms with Gasteiger partial charge in [0.1, 0.15) is 18.0 Å². The normalized spacial score (nSPS) is 10.7. The van der Waals surface area contributed by atoms with Crippen molar-refractivity contribution in [1.29, 1.82) is 0 Å². The number of rotatable bonds is 3. The van der Waals surface area contributed by atoms with E-state index in [0.29, 0.717) is 0 Å². The van der Waals surface area contributed by atoms with E-state index in [-0.39, 0.29) is 27.4 Å². The molecule has 9 heteroatoms. The molecule has 0 fully saturated rings. The molecule has 0 saturated heterocycles. The van der Waals surface area contributed by atoms with Crippen molar-refractivity contribution in [3.8, 4) is 0 Å². The first-order valence-electron chi connectivity index (χ1n) is 6.26. The zero-order chi connectivity index (χ0) is 16.6. The Bertz CT molecular complexity index is 936. The summed E-state index contributed by atoms with van der Waals surface area (Å²) in [6.45, 7) is 0. The van der Waals surface area contributed by atoms with E-state index in [1.807, 2.05) is 0 Å². The van der Waals surface area contributed by atoms with Gasteiger partial charge in [-0.15, -0.1) is 0 Å². The molecule has 1 N–H and O–H groups in total. The Morgan fingerprint density at radius 3 is 2.61 bits per heavy atom. The minimum Gasteiger partial charge on any atom is -0.337 e. The molecule has 0 saturated carbocycles. The van der Waals surface area contributed by atoms with Crippen molar-refractivity contribution in [1.82, 2.24) is 9.97 Å². The summed E-state index contributed by atoms with van der Waals surface area (Å²) in [5.74, 6) is -1.52. The summed E-state index contributed by atoms with van der Waals surface area (Å²) in [5.41, 5.74) is -0.492. The minimum absolute atomic E-state index is 0.0707. The number of nitro benzene ring substituents is 1. The van der Waals surface area contributed by atoms with Crippen LogP contribution in [0.15, 0.2) is 36.7 Å². The molecule has 116 valence electrons. The quantitative estimate of drug-likeness (QED) is 0.572. The van der Waals surface area contributed by atoms with Crippen LogP contribution in [-0.4, -0.2) is 14.9 Å². The number of hydrogen-bond acceptors (Lipinski definition) is 5. The zero-order valence-electron chi connectivity index (χ0n) is 11.3. The van der Waals surface area contributed by atoms with Crippen LogP contribution in [0.4, 0.5) is 26.0 Å². The lowest BCUT2D eigenvalue weighted by Crippen LogP contribution is -2.00. The van der Waals surface area contributed by atoms with Crippen molar-refractivity contribution in [2.75, 3.05) is 5.32 Å². The van der Waals surface area contributed by atoms with Crippen LogP contribution in [0.5, 0.6) is 0 Å². The first kappa shape index (κ1) is 15.0. The van der Waals surface area contributed by atoms with Crippen LogP contribution in [0.3, 0.4) is 0 Å². The molecule has 1 aromatic heterocycles. The third-order valence-corrected chi connectivity index (χ3v) is 3.32. The lowest BCUT2D eigenvalue weighted by molar-refractivity contribution is -0.387. The van der Waals surface area contributed by atoms with E-state index in [1.165, 1.54) is 12.1 Å². The monoisotopic (exact) mass is 336 g/mol. The predicted molar refractivity (Wildman–Crippen MR) is 80.8 cm³/mol. The van der Waals surface area contributed by atoms with Gasteiger partial charge in [0, 0.05) is 17.2 Å². The molecule has 0 atom stereocenters. The Morgan fingerprint density at radius 2 is 1.91 bits per heavy atom. The SMILES string of the molecule is O=[N+]([O-])c1cc2c(Nc3ccc(Cl)cc3F)ncnc2cc1F. The van der Waals surface area contributed by atoms with Gasteiger partial charge in [-0.3, -0.25) is 10.1 Å². The van der Waals surface area contributed by atoms with E-state index in [9.17, 15) is 18.9 Å². The fourth-order valence-electron chi connectivity index (χ4n) is 2.02. The minimum atomic E-state index is -1.01. The molecule has 3 aromatic rings. The number of nitrogens with zero attached hydrogens (tertiary/aromatic N) is 3. The van der Waals surface area contributed by atoms with Crippen molar-refractivity contribution in [2.45, 2.75) is 0 Å². The molecule has 6 nitrogen and oxygen atoms in total. The van der Waals surface area contributed by atoms with Crippen molar-refractivity contribution >= 4 is 39.7 Å². The Morgan fingerprint density at radius 1 is 1.13 bits per heavy atom. The predicted octanol–water partition coefficient (Wildman–Crippen LogP) is 4.21. The Balaban J connectivity index is 2.13. The van der Waals surface area contributed by atoms with Gasteiger partial charge < -0.3 is 5.32 Å². The summed E-state index contributed by atoms with van der Waals surface area (Å²) in [7, 11) is 0. The summed E-state index contributed by atoms with van der Waals surface area (Å²) in [6, 6.07) is 5.90. The topological polar surface area (TPSA) is 81.0 Å². The fraction of sp³-hybridized carbons (Fsp3) is 0. The van der Waals surface area contributed by atoms with Crippen LogP contribution in [-0.2, 0) is 0 Å². The van der Waals surface area contributed by atoms with Gasteiger partial charge in [0.05, 0.1) is 21.5 Å². The van der Waals surface area contributed by atoms with Crippen LogP contribution in [0.25, 0.3) is 10.9 Å². The largest absolute Gasteiger partial charge is 0.337 e. The van der Waals surface area contributed by atoms with Crippen molar-refractivity contribution in [3.05, 3.63) is 63.4 Å². The third-order valence-electron chi connectivity index (χ3n) is 3.08. The van der Waals surface area contributed by atoms with E-state index in [0.717, 1.165) is 24.5 Å². The molecule has 0 radical (unpaired) electrons. The highest BCUT2D eigenvalue weighted by molar-refractivity contribution is 6.30. The zero-order valence-corrected chi connectivity index (χ0v) is 12.0. The lowest BCUT2D eigenvalue weighted by atomic mass is 10.2. The van der Waals surface area contributed by atoms with E-state index in [1.54, 1.807) is 0 Å². The van der Waals surface area contributed by atoms with Gasteiger partial charge in [0.15, 0.2) is 0 Å². The van der Waals surface area contributed by atoms with E-state index < -0.39 is 22.2 Å². The third kappa shape index (κ3) is 2.88. The second-order valence-electron chi connectivity index (χ2n) is 4.55. The molecular weight excluding hydrogens is 330 g/mol. The van der Waals surface area contributed by atoms with Crippen molar-refractivity contribution in [3.63, 3.8) is 0 Å². The summed E-state index contributed by atoms with van der Waals surface area (Å²) >= 11 is 5.68. The van der Waals surface area contributed by atoms with Crippen LogP contribution < -0.4 is 5.32 Å². The van der Waals surface area contributed by atoms with Crippen molar-refractivity contribution in [2.24, 2.45) is 0 Å². The number of aromatic nitrogens is 2. The molecular formula is C14H7ClF2N4O2. The van der Waals surface area contributed by atoms with Gasteiger partial charge >= 0.3 is 5.69 Å². The molecule has 3 rings (SSSR count). The highest BCUT2D eigenvalue weighted by Crippen LogP contribution is 2.30. The van der Waals surface area contributed by atoms with Gasteiger partial charge in [-0.05, 0) is 18.2 Å². The Labute approximate surface area is 132 Å². The molecule has 2 aromatic carbocycles. The fourth-order valence-corrected chi connectivity index (χ4v) is 2.18. The first-order valence-corrected chi connectivity index (χ1v) is 6.64. The lowest BCUT2D eigenvalue weighted by Gasteiger charge is -2.09. The summed E-state index contributed by atoms with van der Waals surface area (Å²) < 4.78 is 27.5. The standard InChI is InChI=1S/C14H7ClF2N4O2/c15-7-1-2-11(9(16)3-7)20-14-8-4-13(21(22)23)10(17)5-12(8)18-6-19-14/h1-6H,(H,18,19,20). The van der Waals surface area contributed by atoms with Crippen LogP contribution >= 0.6 is 11.6 Å². The molecule has 0 spiro atoms. The van der Waals surface area contributed by atoms with Crippen LogP contribution in [0.1, 0.15) is 0 Å². The summed E-state index contributed by atoms with van der Waals surface area (Å²) in [5, 5.41) is 14.0. The smallest absolute Gasteiger partial charge is 0.305 e. The Hall–Kier alpha value is -2.87. The maximum Gasteiger partial charge on any atom is 0.305 e. The van der Waals surface area contributed by atoms with Gasteiger partial charge in [0.2, 0.25) is 5.82 Å². The summed E-state index contributed by atoms with van der Waals surface area (Å²) in [6.07, 6.45) is 1.14. The van der Waals surface area contributed by atoms with Gasteiger partial charge in [0.25, 0.3) is 0 Å².